The summed E-state index contributed by atoms with van der Waals surface area (Å²) in [5, 5.41) is 0. The third-order valence-corrected chi connectivity index (χ3v) is 3.07. The number of halogens is 4. The highest BCUT2D eigenvalue weighted by Gasteiger charge is 2.35. The van der Waals surface area contributed by atoms with E-state index in [4.69, 9.17) is 4.74 Å². The lowest BCUT2D eigenvalue weighted by Gasteiger charge is -2.13. The maximum Gasteiger partial charge on any atom is 0.434 e. The quantitative estimate of drug-likeness (QED) is 0.795. The first-order valence-electron chi connectivity index (χ1n) is 6.23. The molecule has 7 heteroatoms. The molecule has 0 amide bonds. The minimum absolute atomic E-state index is 0.0788. The molecule has 2 aromatic rings. The maximum absolute atomic E-state index is 12.8. The van der Waals surface area contributed by atoms with Gasteiger partial charge in [-0.25, -0.2) is 9.37 Å². The number of imidazole rings is 1. The molecule has 0 spiro atoms. The predicted octanol–water partition coefficient (Wildman–Crippen LogP) is 4.11. The largest absolute Gasteiger partial charge is 0.497 e. The van der Waals surface area contributed by atoms with Gasteiger partial charge in [0.25, 0.3) is 0 Å². The second-order valence-corrected chi connectivity index (χ2v) is 4.59. The molecular weight excluding hydrogens is 288 g/mol. The summed E-state index contributed by atoms with van der Waals surface area (Å²) in [6.45, 7) is 0.714. The van der Waals surface area contributed by atoms with Crippen LogP contribution in [0.25, 0.3) is 11.4 Å². The van der Waals surface area contributed by atoms with Crippen LogP contribution in [0.3, 0.4) is 0 Å². The van der Waals surface area contributed by atoms with Crippen molar-refractivity contribution < 1.29 is 22.3 Å². The average Bonchev–Trinajstić information content (AvgIpc) is 2.91. The lowest BCUT2D eigenvalue weighted by atomic mass is 10.2. The summed E-state index contributed by atoms with van der Waals surface area (Å²) in [5.41, 5.74) is -0.569. The molecule has 21 heavy (non-hydrogen) atoms. The number of benzene rings is 1. The minimum atomic E-state index is -4.57. The van der Waals surface area contributed by atoms with Crippen molar-refractivity contribution in [3.8, 4) is 17.1 Å². The third-order valence-electron chi connectivity index (χ3n) is 3.07. The number of nitrogens with zero attached hydrogens (tertiary/aromatic N) is 2. The molecule has 0 saturated heterocycles. The van der Waals surface area contributed by atoms with Gasteiger partial charge in [0, 0.05) is 11.8 Å². The predicted molar refractivity (Wildman–Crippen MR) is 69.9 cm³/mol. The topological polar surface area (TPSA) is 27.1 Å². The van der Waals surface area contributed by atoms with Crippen LogP contribution in [0, 0.1) is 0 Å². The van der Waals surface area contributed by atoms with Crippen molar-refractivity contribution in [1.29, 1.82) is 0 Å². The first-order chi connectivity index (χ1) is 9.86. The molecule has 0 radical (unpaired) electrons. The Morgan fingerprint density at radius 2 is 1.86 bits per heavy atom. The molecule has 0 aliphatic heterocycles. The van der Waals surface area contributed by atoms with Crippen LogP contribution in [-0.4, -0.2) is 23.3 Å². The van der Waals surface area contributed by atoms with Crippen LogP contribution in [0.2, 0.25) is 0 Å². The smallest absolute Gasteiger partial charge is 0.434 e. The first kappa shape index (κ1) is 15.3. The average molecular weight is 302 g/mol. The molecule has 0 aliphatic carbocycles. The van der Waals surface area contributed by atoms with Crippen LogP contribution in [0.1, 0.15) is 18.7 Å². The molecule has 0 fully saturated rings. The van der Waals surface area contributed by atoms with E-state index in [0.29, 0.717) is 11.3 Å². The Kier molecular flexibility index (Phi) is 4.20. The third kappa shape index (κ3) is 3.17. The van der Waals surface area contributed by atoms with Gasteiger partial charge in [-0.15, -0.1) is 0 Å². The number of methoxy groups -OCH3 is 1. The van der Waals surface area contributed by atoms with Crippen molar-refractivity contribution in [1.82, 2.24) is 9.55 Å². The van der Waals surface area contributed by atoms with Gasteiger partial charge in [-0.3, -0.25) is 0 Å². The van der Waals surface area contributed by atoms with Crippen LogP contribution in [-0.2, 0) is 6.18 Å². The molecule has 114 valence electrons. The van der Waals surface area contributed by atoms with Crippen molar-refractivity contribution in [2.45, 2.75) is 19.1 Å². The molecule has 1 heterocycles. The zero-order valence-corrected chi connectivity index (χ0v) is 11.5. The first-order valence-corrected chi connectivity index (χ1v) is 6.23. The normalized spacial score (nSPS) is 13.2. The Labute approximate surface area is 119 Å². The lowest BCUT2D eigenvalue weighted by Crippen LogP contribution is -2.08. The fraction of sp³-hybridized carbons (Fsp3) is 0.357. The van der Waals surface area contributed by atoms with Gasteiger partial charge in [0.15, 0.2) is 5.69 Å². The highest BCUT2D eigenvalue weighted by Crippen LogP contribution is 2.33. The number of ether oxygens (including phenoxy) is 1. The van der Waals surface area contributed by atoms with Gasteiger partial charge in [-0.2, -0.15) is 13.2 Å². The summed E-state index contributed by atoms with van der Waals surface area (Å²) in [7, 11) is 1.49. The minimum Gasteiger partial charge on any atom is -0.497 e. The van der Waals surface area contributed by atoms with E-state index in [1.54, 1.807) is 24.3 Å². The molecule has 0 bridgehead atoms. The second kappa shape index (κ2) is 5.75. The van der Waals surface area contributed by atoms with E-state index in [1.807, 2.05) is 0 Å². The van der Waals surface area contributed by atoms with E-state index in [2.05, 4.69) is 4.98 Å². The molecule has 0 aliphatic rings. The number of rotatable bonds is 4. The standard InChI is InChI=1S/C14H14F4N2O/c1-9(7-15)20-8-12(14(16,17)18)19-13(20)10-3-5-11(21-2)6-4-10/h3-6,8-9H,7H2,1-2H3. The fourth-order valence-corrected chi connectivity index (χ4v) is 1.89. The van der Waals surface area contributed by atoms with Crippen LogP contribution in [0.5, 0.6) is 5.75 Å². The van der Waals surface area contributed by atoms with Gasteiger partial charge < -0.3 is 9.30 Å². The summed E-state index contributed by atoms with van der Waals surface area (Å²) in [4.78, 5) is 3.61. The van der Waals surface area contributed by atoms with Gasteiger partial charge in [-0.1, -0.05) is 0 Å². The molecule has 1 unspecified atom stereocenters. The Balaban J connectivity index is 2.51. The van der Waals surface area contributed by atoms with Crippen molar-refractivity contribution >= 4 is 0 Å². The van der Waals surface area contributed by atoms with Crippen LogP contribution in [0.15, 0.2) is 30.5 Å². The Morgan fingerprint density at radius 1 is 1.24 bits per heavy atom. The Hall–Kier alpha value is -2.05. The SMILES string of the molecule is COc1ccc(-c2nc(C(F)(F)F)cn2C(C)CF)cc1. The molecule has 1 aromatic heterocycles. The summed E-state index contributed by atoms with van der Waals surface area (Å²) in [6.07, 6.45) is -3.73. The van der Waals surface area contributed by atoms with E-state index < -0.39 is 24.6 Å². The van der Waals surface area contributed by atoms with Gasteiger partial charge in [0.05, 0.1) is 13.2 Å². The second-order valence-electron chi connectivity index (χ2n) is 4.59. The summed E-state index contributed by atoms with van der Waals surface area (Å²) in [6, 6.07) is 5.67. The zero-order chi connectivity index (χ0) is 15.6. The lowest BCUT2D eigenvalue weighted by molar-refractivity contribution is -0.140. The van der Waals surface area contributed by atoms with Crippen molar-refractivity contribution in [2.75, 3.05) is 13.8 Å². The summed E-state index contributed by atoms with van der Waals surface area (Å²) in [5.74, 6) is 0.654. The highest BCUT2D eigenvalue weighted by atomic mass is 19.4. The van der Waals surface area contributed by atoms with E-state index >= 15 is 0 Å². The zero-order valence-electron chi connectivity index (χ0n) is 11.5. The molecule has 1 atom stereocenters. The van der Waals surface area contributed by atoms with Crippen molar-refractivity contribution in [2.24, 2.45) is 0 Å². The molecular formula is C14H14F4N2O. The number of aromatic nitrogens is 2. The van der Waals surface area contributed by atoms with Gasteiger partial charge in [0.1, 0.15) is 18.2 Å². The molecule has 3 nitrogen and oxygen atoms in total. The van der Waals surface area contributed by atoms with Crippen molar-refractivity contribution in [3.05, 3.63) is 36.2 Å². The van der Waals surface area contributed by atoms with Crippen LogP contribution >= 0.6 is 0 Å². The fourth-order valence-electron chi connectivity index (χ4n) is 1.89. The van der Waals surface area contributed by atoms with E-state index in [1.165, 1.54) is 18.6 Å². The molecule has 2 rings (SSSR count). The number of alkyl halides is 4. The molecule has 1 aromatic carbocycles. The Morgan fingerprint density at radius 3 is 2.33 bits per heavy atom. The monoisotopic (exact) mass is 302 g/mol. The summed E-state index contributed by atoms with van der Waals surface area (Å²) < 4.78 is 57.4. The molecule has 0 saturated carbocycles. The maximum atomic E-state index is 12.8. The highest BCUT2D eigenvalue weighted by molar-refractivity contribution is 5.57. The van der Waals surface area contributed by atoms with Gasteiger partial charge in [-0.05, 0) is 31.2 Å². The van der Waals surface area contributed by atoms with E-state index in [-0.39, 0.29) is 5.82 Å². The van der Waals surface area contributed by atoms with Crippen molar-refractivity contribution in [3.63, 3.8) is 0 Å². The van der Waals surface area contributed by atoms with Gasteiger partial charge >= 0.3 is 6.18 Å². The summed E-state index contributed by atoms with van der Waals surface area (Å²) >= 11 is 0. The van der Waals surface area contributed by atoms with Crippen LogP contribution in [0.4, 0.5) is 17.6 Å². The number of hydrogen-bond donors (Lipinski definition) is 0. The van der Waals surface area contributed by atoms with Crippen LogP contribution < -0.4 is 4.74 Å². The van der Waals surface area contributed by atoms with Gasteiger partial charge in [0.2, 0.25) is 0 Å². The van der Waals surface area contributed by atoms with E-state index in [0.717, 1.165) is 6.20 Å². The molecule has 0 N–H and O–H groups in total. The Bertz CT molecular complexity index is 604. The number of hydrogen-bond acceptors (Lipinski definition) is 2. The van der Waals surface area contributed by atoms with E-state index in [9.17, 15) is 17.6 Å².